The first-order valence-corrected chi connectivity index (χ1v) is 6.68. The van der Waals surface area contributed by atoms with E-state index in [1.165, 1.54) is 10.7 Å². The Morgan fingerprint density at radius 1 is 1.23 bits per heavy atom. The molecule has 1 N–H and O–H groups in total. The van der Waals surface area contributed by atoms with Gasteiger partial charge in [-0.05, 0) is 30.7 Å². The van der Waals surface area contributed by atoms with Crippen LogP contribution in [0.1, 0.15) is 16.1 Å². The number of hydrogen-bond donors (Lipinski definition) is 1. The van der Waals surface area contributed by atoms with Gasteiger partial charge in [0.25, 0.3) is 0 Å². The average Bonchev–Trinajstić information content (AvgIpc) is 2.94. The van der Waals surface area contributed by atoms with Crippen molar-refractivity contribution in [1.29, 1.82) is 0 Å². The highest BCUT2D eigenvalue weighted by atomic mass is 35.5. The van der Waals surface area contributed by atoms with Crippen LogP contribution in [0, 0.1) is 6.92 Å². The monoisotopic (exact) mass is 315 g/mol. The lowest BCUT2D eigenvalue weighted by atomic mass is 10.2. The van der Waals surface area contributed by atoms with Crippen molar-refractivity contribution in [3.63, 3.8) is 0 Å². The summed E-state index contributed by atoms with van der Waals surface area (Å²) < 4.78 is 1.38. The molecule has 0 bridgehead atoms. The number of carbonyl (C=O) groups is 1. The van der Waals surface area contributed by atoms with Crippen molar-refractivity contribution in [3.8, 4) is 17.2 Å². The number of halogens is 1. The number of rotatable bonds is 3. The van der Waals surface area contributed by atoms with Crippen LogP contribution in [0.3, 0.4) is 0 Å². The Morgan fingerprint density at radius 2 is 2.05 bits per heavy atom. The normalized spacial score (nSPS) is 10.6. The number of aromatic carboxylic acids is 1. The summed E-state index contributed by atoms with van der Waals surface area (Å²) in [6, 6.07) is 8.27. The molecule has 3 heterocycles. The molecule has 0 spiro atoms. The fraction of sp³-hybridized carbons (Fsp3) is 0.0714. The van der Waals surface area contributed by atoms with Gasteiger partial charge in [0.05, 0.1) is 11.4 Å². The van der Waals surface area contributed by atoms with E-state index in [0.29, 0.717) is 17.2 Å². The molecule has 0 unspecified atom stereocenters. The van der Waals surface area contributed by atoms with Crippen LogP contribution in [0.4, 0.5) is 0 Å². The van der Waals surface area contributed by atoms with Gasteiger partial charge >= 0.3 is 5.97 Å². The summed E-state index contributed by atoms with van der Waals surface area (Å²) in [6.07, 6.45) is 1.70. The molecular weight excluding hydrogens is 306 g/mol. The summed E-state index contributed by atoms with van der Waals surface area (Å²) in [5.41, 5.74) is 1.99. The maximum atomic E-state index is 11.2. The summed E-state index contributed by atoms with van der Waals surface area (Å²) >= 11 is 5.72. The van der Waals surface area contributed by atoms with E-state index in [0.717, 1.165) is 5.56 Å². The molecule has 7 nitrogen and oxygen atoms in total. The quantitative estimate of drug-likeness (QED) is 0.797. The number of nitrogens with zero attached hydrogens (tertiary/aromatic N) is 5. The molecule has 0 aliphatic carbocycles. The van der Waals surface area contributed by atoms with Gasteiger partial charge in [0.1, 0.15) is 0 Å². The Labute approximate surface area is 130 Å². The lowest BCUT2D eigenvalue weighted by Crippen LogP contribution is -2.05. The van der Waals surface area contributed by atoms with Gasteiger partial charge in [-0.3, -0.25) is 4.98 Å². The van der Waals surface area contributed by atoms with E-state index < -0.39 is 5.97 Å². The van der Waals surface area contributed by atoms with Gasteiger partial charge < -0.3 is 5.11 Å². The van der Waals surface area contributed by atoms with Gasteiger partial charge in [-0.2, -0.15) is 5.10 Å². The number of carboxylic acids is 1. The zero-order chi connectivity index (χ0) is 15.7. The van der Waals surface area contributed by atoms with Crippen LogP contribution in [0.2, 0.25) is 5.15 Å². The zero-order valence-electron chi connectivity index (χ0n) is 11.4. The van der Waals surface area contributed by atoms with Crippen LogP contribution in [-0.2, 0) is 0 Å². The minimum atomic E-state index is -1.13. The van der Waals surface area contributed by atoms with Crippen molar-refractivity contribution >= 4 is 17.6 Å². The maximum Gasteiger partial charge on any atom is 0.356 e. The van der Waals surface area contributed by atoms with E-state index in [9.17, 15) is 4.79 Å². The van der Waals surface area contributed by atoms with E-state index in [2.05, 4.69) is 20.3 Å². The third-order valence-corrected chi connectivity index (χ3v) is 3.14. The lowest BCUT2D eigenvalue weighted by molar-refractivity contribution is 0.0690. The molecule has 8 heteroatoms. The fourth-order valence-corrected chi connectivity index (χ4v) is 1.98. The zero-order valence-corrected chi connectivity index (χ0v) is 12.2. The summed E-state index contributed by atoms with van der Waals surface area (Å²) in [5, 5.41) is 21.1. The number of hydrogen-bond acceptors (Lipinski definition) is 5. The summed E-state index contributed by atoms with van der Waals surface area (Å²) in [6.45, 7) is 1.92. The molecule has 0 saturated carbocycles. The minimum absolute atomic E-state index is 0.103. The first kappa shape index (κ1) is 14.2. The van der Waals surface area contributed by atoms with Crippen LogP contribution in [0.5, 0.6) is 0 Å². The van der Waals surface area contributed by atoms with Crippen LogP contribution in [0.15, 0.2) is 36.5 Å². The van der Waals surface area contributed by atoms with Gasteiger partial charge in [0.15, 0.2) is 16.7 Å². The number of aromatic nitrogens is 5. The van der Waals surface area contributed by atoms with Crippen molar-refractivity contribution in [2.75, 3.05) is 0 Å². The molecule has 3 rings (SSSR count). The Hall–Kier alpha value is -2.80. The Bertz CT molecular complexity index is 764. The smallest absolute Gasteiger partial charge is 0.356 e. The van der Waals surface area contributed by atoms with Gasteiger partial charge in [-0.25, -0.2) is 9.48 Å². The minimum Gasteiger partial charge on any atom is -0.476 e. The van der Waals surface area contributed by atoms with E-state index in [-0.39, 0.29) is 10.8 Å². The third kappa shape index (κ3) is 2.66. The van der Waals surface area contributed by atoms with E-state index in [1.807, 2.05) is 13.0 Å². The van der Waals surface area contributed by atoms with Crippen molar-refractivity contribution < 1.29 is 9.90 Å². The van der Waals surface area contributed by atoms with Crippen LogP contribution < -0.4 is 0 Å². The van der Waals surface area contributed by atoms with E-state index in [1.54, 1.807) is 24.4 Å². The van der Waals surface area contributed by atoms with Crippen LogP contribution in [-0.4, -0.2) is 36.0 Å². The Kier molecular flexibility index (Phi) is 3.56. The molecule has 0 radical (unpaired) electrons. The fourth-order valence-electron chi connectivity index (χ4n) is 1.88. The molecule has 0 atom stereocenters. The highest BCUT2D eigenvalue weighted by molar-refractivity contribution is 6.29. The molecule has 0 amide bonds. The number of pyridine rings is 1. The second-order valence-corrected chi connectivity index (χ2v) is 4.95. The van der Waals surface area contributed by atoms with Crippen LogP contribution >= 0.6 is 11.6 Å². The van der Waals surface area contributed by atoms with Gasteiger partial charge in [0.2, 0.25) is 0 Å². The third-order valence-electron chi connectivity index (χ3n) is 2.94. The van der Waals surface area contributed by atoms with Gasteiger partial charge in [0, 0.05) is 12.3 Å². The predicted molar refractivity (Wildman–Crippen MR) is 79.1 cm³/mol. The first-order valence-electron chi connectivity index (χ1n) is 6.30. The Morgan fingerprint density at radius 3 is 2.64 bits per heavy atom. The predicted octanol–water partition coefficient (Wildman–Crippen LogP) is 2.38. The Balaban J connectivity index is 2.17. The molecule has 22 heavy (non-hydrogen) atoms. The maximum absolute atomic E-state index is 11.2. The number of aryl methyl sites for hydroxylation is 1. The van der Waals surface area contributed by atoms with E-state index >= 15 is 0 Å². The van der Waals surface area contributed by atoms with Gasteiger partial charge in [-0.15, -0.1) is 10.2 Å². The number of carboxylic acid groups (broad SMARTS) is 1. The SMILES string of the molecule is Cc1ccc(-c2cc(C(=O)O)nn2-c2ccc(Cl)nn2)nc1. The van der Waals surface area contributed by atoms with Crippen molar-refractivity contribution in [2.24, 2.45) is 0 Å². The van der Waals surface area contributed by atoms with Gasteiger partial charge in [-0.1, -0.05) is 17.7 Å². The largest absolute Gasteiger partial charge is 0.476 e. The topological polar surface area (TPSA) is 93.8 Å². The second kappa shape index (κ2) is 5.53. The molecule has 0 fully saturated rings. The van der Waals surface area contributed by atoms with Crippen molar-refractivity contribution in [2.45, 2.75) is 6.92 Å². The standard InChI is InChI=1S/C14H10ClN5O2/c1-8-2-3-9(16-7-8)11-6-10(14(21)22)19-20(11)13-5-4-12(15)17-18-13/h2-7H,1H3,(H,21,22). The molecule has 0 aliphatic heterocycles. The summed E-state index contributed by atoms with van der Waals surface area (Å²) in [5.74, 6) is -0.775. The molecule has 0 aromatic carbocycles. The molecule has 0 aliphatic rings. The summed E-state index contributed by atoms with van der Waals surface area (Å²) in [4.78, 5) is 15.5. The first-order chi connectivity index (χ1) is 10.5. The van der Waals surface area contributed by atoms with Crippen molar-refractivity contribution in [3.05, 3.63) is 52.9 Å². The molecule has 3 aromatic rings. The van der Waals surface area contributed by atoms with Crippen molar-refractivity contribution in [1.82, 2.24) is 25.0 Å². The lowest BCUT2D eigenvalue weighted by Gasteiger charge is -2.05. The van der Waals surface area contributed by atoms with E-state index in [4.69, 9.17) is 16.7 Å². The average molecular weight is 316 g/mol. The molecule has 3 aromatic heterocycles. The molecule has 110 valence electrons. The highest BCUT2D eigenvalue weighted by Gasteiger charge is 2.17. The highest BCUT2D eigenvalue weighted by Crippen LogP contribution is 2.22. The second-order valence-electron chi connectivity index (χ2n) is 4.57. The molecule has 0 saturated heterocycles. The van der Waals surface area contributed by atoms with Crippen LogP contribution in [0.25, 0.3) is 17.2 Å². The summed E-state index contributed by atoms with van der Waals surface area (Å²) in [7, 11) is 0. The molecular formula is C14H10ClN5O2.